The Morgan fingerprint density at radius 2 is 1.95 bits per heavy atom. The molecule has 0 radical (unpaired) electrons. The van der Waals surface area contributed by atoms with Gasteiger partial charge in [0.1, 0.15) is 12.7 Å². The molecule has 0 aliphatic rings. The maximum Gasteiger partial charge on any atom is 0.302 e. The van der Waals surface area contributed by atoms with Gasteiger partial charge >= 0.3 is 5.97 Å². The third-order valence-corrected chi connectivity index (χ3v) is 4.04. The van der Waals surface area contributed by atoms with Gasteiger partial charge in [-0.25, -0.2) is 0 Å². The van der Waals surface area contributed by atoms with E-state index >= 15 is 0 Å². The number of rotatable bonds is 8. The molecule has 0 heterocycles. The van der Waals surface area contributed by atoms with Crippen molar-refractivity contribution in [3.63, 3.8) is 0 Å². The Morgan fingerprint density at radius 1 is 1.33 bits per heavy atom. The second-order valence-electron chi connectivity index (χ2n) is 4.65. The van der Waals surface area contributed by atoms with Gasteiger partial charge in [0.05, 0.1) is 4.90 Å². The number of carbonyl (C=O) groups excluding carboxylic acids is 1. The van der Waals surface area contributed by atoms with Gasteiger partial charge in [-0.15, -0.1) is 6.58 Å². The fraction of sp³-hybridized carbons (Fsp3) is 0.400. The fourth-order valence-corrected chi connectivity index (χ4v) is 2.59. The average Bonchev–Trinajstić information content (AvgIpc) is 2.42. The van der Waals surface area contributed by atoms with Crippen molar-refractivity contribution in [2.24, 2.45) is 0 Å². The number of ether oxygens (including phenoxy) is 1. The van der Waals surface area contributed by atoms with E-state index < -0.39 is 22.2 Å². The van der Waals surface area contributed by atoms with Crippen LogP contribution in [0.4, 0.5) is 0 Å². The van der Waals surface area contributed by atoms with Crippen molar-refractivity contribution in [3.8, 4) is 0 Å². The summed E-state index contributed by atoms with van der Waals surface area (Å²) in [5.41, 5.74) is 0.956. The number of aryl methyl sites for hydroxylation is 1. The number of carbonyl (C=O) groups is 1. The molecule has 0 fully saturated rings. The minimum atomic E-state index is -3.85. The summed E-state index contributed by atoms with van der Waals surface area (Å²) in [4.78, 5) is 11.1. The van der Waals surface area contributed by atoms with Gasteiger partial charge in [0.15, 0.2) is 0 Å². The highest BCUT2D eigenvalue weighted by atomic mass is 32.2. The molecule has 0 aromatic heterocycles. The molecular formula is C15H20O5S. The number of benzene rings is 1. The van der Waals surface area contributed by atoms with E-state index in [2.05, 4.69) is 6.58 Å². The van der Waals surface area contributed by atoms with Crippen molar-refractivity contribution in [1.29, 1.82) is 0 Å². The van der Waals surface area contributed by atoms with E-state index in [0.29, 0.717) is 12.8 Å². The van der Waals surface area contributed by atoms with E-state index in [1.54, 1.807) is 18.2 Å². The zero-order chi connectivity index (χ0) is 15.9. The van der Waals surface area contributed by atoms with Crippen molar-refractivity contribution in [1.82, 2.24) is 0 Å². The van der Waals surface area contributed by atoms with Crippen molar-refractivity contribution >= 4 is 16.1 Å². The molecule has 0 aliphatic heterocycles. The Balaban J connectivity index is 2.70. The van der Waals surface area contributed by atoms with Crippen LogP contribution in [0.2, 0.25) is 0 Å². The summed E-state index contributed by atoms with van der Waals surface area (Å²) in [6.45, 7) is 6.51. The summed E-state index contributed by atoms with van der Waals surface area (Å²) in [6.07, 6.45) is 2.13. The monoisotopic (exact) mass is 312 g/mol. The van der Waals surface area contributed by atoms with Gasteiger partial charge in [-0.05, 0) is 31.9 Å². The van der Waals surface area contributed by atoms with E-state index in [4.69, 9.17) is 8.92 Å². The van der Waals surface area contributed by atoms with Gasteiger partial charge in [0, 0.05) is 6.92 Å². The Bertz CT molecular complexity index is 575. The average molecular weight is 312 g/mol. The molecule has 6 heteroatoms. The maximum atomic E-state index is 12.0. The van der Waals surface area contributed by atoms with Crippen LogP contribution in [0.5, 0.6) is 0 Å². The van der Waals surface area contributed by atoms with Crippen LogP contribution in [0.25, 0.3) is 0 Å². The summed E-state index contributed by atoms with van der Waals surface area (Å²) in [7, 11) is -3.85. The smallest absolute Gasteiger partial charge is 0.302 e. The number of allylic oxidation sites excluding steroid dienone is 1. The van der Waals surface area contributed by atoms with E-state index in [-0.39, 0.29) is 11.5 Å². The largest absolute Gasteiger partial charge is 0.460 e. The highest BCUT2D eigenvalue weighted by Crippen LogP contribution is 2.15. The maximum absolute atomic E-state index is 12.0. The number of hydrogen-bond donors (Lipinski definition) is 0. The molecule has 0 N–H and O–H groups in total. The van der Waals surface area contributed by atoms with Crippen molar-refractivity contribution in [2.45, 2.75) is 37.7 Å². The molecule has 0 saturated carbocycles. The van der Waals surface area contributed by atoms with E-state index in [1.807, 2.05) is 6.92 Å². The van der Waals surface area contributed by atoms with Crippen LogP contribution in [0.3, 0.4) is 0 Å². The third kappa shape index (κ3) is 6.10. The van der Waals surface area contributed by atoms with Crippen molar-refractivity contribution in [3.05, 3.63) is 42.5 Å². The lowest BCUT2D eigenvalue weighted by Crippen LogP contribution is -2.24. The van der Waals surface area contributed by atoms with Gasteiger partial charge < -0.3 is 4.74 Å². The second kappa shape index (κ2) is 7.95. The van der Waals surface area contributed by atoms with Gasteiger partial charge in [-0.2, -0.15) is 8.42 Å². The lowest BCUT2D eigenvalue weighted by molar-refractivity contribution is -0.148. The highest BCUT2D eigenvalue weighted by molar-refractivity contribution is 7.86. The lowest BCUT2D eigenvalue weighted by atomic mass is 10.2. The standard InChI is InChI=1S/C15H20O5S/c1-4-5-6-14(20-13(3)16)11-19-21(17,18)15-9-7-12(2)8-10-15/h4,7-10,14H,1,5-6,11H2,2-3H3/t14-/m0/s1. The van der Waals surface area contributed by atoms with Crippen LogP contribution in [-0.2, 0) is 23.8 Å². The van der Waals surface area contributed by atoms with E-state index in [1.165, 1.54) is 19.1 Å². The zero-order valence-corrected chi connectivity index (χ0v) is 13.1. The predicted octanol–water partition coefficient (Wildman–Crippen LogP) is 2.60. The normalized spacial score (nSPS) is 12.7. The molecule has 0 aliphatic carbocycles. The van der Waals surface area contributed by atoms with Crippen molar-refractivity contribution < 1.29 is 22.1 Å². The fourth-order valence-electron chi connectivity index (χ4n) is 1.65. The first-order valence-electron chi connectivity index (χ1n) is 6.59. The molecule has 0 spiro atoms. The topological polar surface area (TPSA) is 69.7 Å². The molecule has 1 rings (SSSR count). The van der Waals surface area contributed by atoms with Crippen LogP contribution >= 0.6 is 0 Å². The zero-order valence-electron chi connectivity index (χ0n) is 12.2. The van der Waals surface area contributed by atoms with Crippen LogP contribution in [-0.4, -0.2) is 27.1 Å². The van der Waals surface area contributed by atoms with Gasteiger partial charge in [-0.1, -0.05) is 23.8 Å². The molecule has 21 heavy (non-hydrogen) atoms. The van der Waals surface area contributed by atoms with Gasteiger partial charge in [-0.3, -0.25) is 8.98 Å². The molecule has 0 amide bonds. The van der Waals surface area contributed by atoms with Crippen LogP contribution in [0.15, 0.2) is 41.8 Å². The molecule has 0 unspecified atom stereocenters. The molecule has 0 saturated heterocycles. The molecular weight excluding hydrogens is 292 g/mol. The molecule has 5 nitrogen and oxygen atoms in total. The third-order valence-electron chi connectivity index (χ3n) is 2.74. The van der Waals surface area contributed by atoms with E-state index in [9.17, 15) is 13.2 Å². The first kappa shape index (κ1) is 17.4. The minimum absolute atomic E-state index is 0.0818. The SMILES string of the molecule is C=CCC[C@@H](COS(=O)(=O)c1ccc(C)cc1)OC(C)=O. The number of hydrogen-bond acceptors (Lipinski definition) is 5. The molecule has 1 aromatic carbocycles. The lowest BCUT2D eigenvalue weighted by Gasteiger charge is -2.16. The Kier molecular flexibility index (Phi) is 6.58. The van der Waals surface area contributed by atoms with Gasteiger partial charge in [0.25, 0.3) is 10.1 Å². The number of esters is 1. The molecule has 1 atom stereocenters. The first-order chi connectivity index (χ1) is 9.85. The van der Waals surface area contributed by atoms with Crippen LogP contribution in [0, 0.1) is 6.92 Å². The Labute approximate surface area is 125 Å². The quantitative estimate of drug-likeness (QED) is 0.419. The summed E-state index contributed by atoms with van der Waals surface area (Å²) in [6, 6.07) is 6.35. The summed E-state index contributed by atoms with van der Waals surface area (Å²) >= 11 is 0. The molecule has 116 valence electrons. The van der Waals surface area contributed by atoms with Gasteiger partial charge in [0.2, 0.25) is 0 Å². The second-order valence-corrected chi connectivity index (χ2v) is 6.26. The summed E-state index contributed by atoms with van der Waals surface area (Å²) in [5.74, 6) is -0.472. The van der Waals surface area contributed by atoms with Crippen LogP contribution < -0.4 is 0 Å². The Morgan fingerprint density at radius 3 is 2.48 bits per heavy atom. The summed E-state index contributed by atoms with van der Waals surface area (Å²) < 4.78 is 34.1. The first-order valence-corrected chi connectivity index (χ1v) is 8.00. The Hall–Kier alpha value is -1.66. The highest BCUT2D eigenvalue weighted by Gasteiger charge is 2.19. The predicted molar refractivity (Wildman–Crippen MR) is 79.3 cm³/mol. The molecule has 0 bridgehead atoms. The van der Waals surface area contributed by atoms with Crippen molar-refractivity contribution in [2.75, 3.05) is 6.61 Å². The van der Waals surface area contributed by atoms with E-state index in [0.717, 1.165) is 5.56 Å². The summed E-state index contributed by atoms with van der Waals surface area (Å²) in [5, 5.41) is 0. The van der Waals surface area contributed by atoms with Crippen LogP contribution in [0.1, 0.15) is 25.3 Å². The minimum Gasteiger partial charge on any atom is -0.460 e. The molecule has 1 aromatic rings.